The van der Waals surface area contributed by atoms with Crippen LogP contribution in [0.3, 0.4) is 0 Å². The second-order valence-corrected chi connectivity index (χ2v) is 4.95. The lowest BCUT2D eigenvalue weighted by molar-refractivity contribution is 0.415. The number of anilines is 1. The highest BCUT2D eigenvalue weighted by atomic mass is 32.2. The van der Waals surface area contributed by atoms with Crippen molar-refractivity contribution < 1.29 is 13.2 Å². The van der Waals surface area contributed by atoms with Gasteiger partial charge in [-0.25, -0.2) is 13.1 Å². The zero-order valence-electron chi connectivity index (χ0n) is 8.87. The molecule has 0 spiro atoms. The van der Waals surface area contributed by atoms with E-state index in [9.17, 15) is 8.42 Å². The van der Waals surface area contributed by atoms with E-state index in [-0.39, 0.29) is 4.90 Å². The van der Waals surface area contributed by atoms with Gasteiger partial charge in [-0.1, -0.05) is 0 Å². The van der Waals surface area contributed by atoms with Crippen LogP contribution in [0.25, 0.3) is 0 Å². The lowest BCUT2D eigenvalue weighted by Gasteiger charge is -2.10. The molecule has 0 bridgehead atoms. The number of nitrogens with two attached hydrogens (primary N) is 1. The highest BCUT2D eigenvalue weighted by molar-refractivity contribution is 7.89. The zero-order chi connectivity index (χ0) is 11.6. The number of benzene rings is 1. The van der Waals surface area contributed by atoms with Gasteiger partial charge in [-0.2, -0.15) is 0 Å². The molecular weight excluding hydrogens is 216 g/mol. The van der Waals surface area contributed by atoms with Crippen LogP contribution >= 0.6 is 0 Å². The molecule has 6 heteroatoms. The first-order valence-corrected chi connectivity index (χ1v) is 5.78. The zero-order valence-corrected chi connectivity index (χ0v) is 9.68. The molecule has 1 aromatic rings. The highest BCUT2D eigenvalue weighted by Gasteiger charge is 2.15. The Hall–Kier alpha value is -1.27. The van der Waals surface area contributed by atoms with Crippen molar-refractivity contribution in [3.63, 3.8) is 0 Å². The predicted octanol–water partition coefficient (Wildman–Crippen LogP) is 0.494. The average Bonchev–Trinajstić information content (AvgIpc) is 2.21. The number of hydrogen-bond acceptors (Lipinski definition) is 4. The maximum Gasteiger partial charge on any atom is 0.240 e. The Morgan fingerprint density at radius 1 is 1.40 bits per heavy atom. The topological polar surface area (TPSA) is 81.4 Å². The highest BCUT2D eigenvalue weighted by Crippen LogP contribution is 2.28. The average molecular weight is 230 g/mol. The number of ether oxygens (including phenoxy) is 1. The lowest BCUT2D eigenvalue weighted by Crippen LogP contribution is -2.19. The van der Waals surface area contributed by atoms with Crippen molar-refractivity contribution in [2.24, 2.45) is 0 Å². The van der Waals surface area contributed by atoms with E-state index in [1.165, 1.54) is 26.3 Å². The molecular formula is C9H14N2O3S. The van der Waals surface area contributed by atoms with E-state index in [4.69, 9.17) is 10.5 Å². The summed E-state index contributed by atoms with van der Waals surface area (Å²) in [6.45, 7) is 1.73. The molecule has 0 aliphatic heterocycles. The van der Waals surface area contributed by atoms with E-state index in [1.54, 1.807) is 6.92 Å². The van der Waals surface area contributed by atoms with Crippen LogP contribution in [0.5, 0.6) is 5.75 Å². The Bertz CT molecular complexity index is 468. The normalized spacial score (nSPS) is 11.4. The molecule has 5 nitrogen and oxygen atoms in total. The van der Waals surface area contributed by atoms with Crippen molar-refractivity contribution in [1.29, 1.82) is 0 Å². The van der Waals surface area contributed by atoms with Crippen molar-refractivity contribution >= 4 is 15.7 Å². The molecule has 0 amide bonds. The van der Waals surface area contributed by atoms with Gasteiger partial charge in [-0.15, -0.1) is 0 Å². The summed E-state index contributed by atoms with van der Waals surface area (Å²) in [6.07, 6.45) is 0. The van der Waals surface area contributed by atoms with Crippen molar-refractivity contribution in [3.8, 4) is 5.75 Å². The second-order valence-electron chi connectivity index (χ2n) is 3.06. The van der Waals surface area contributed by atoms with Crippen LogP contribution in [0.2, 0.25) is 0 Å². The molecule has 0 unspecified atom stereocenters. The maximum atomic E-state index is 11.5. The number of rotatable bonds is 3. The molecule has 0 fully saturated rings. The number of nitrogens with one attached hydrogen (secondary N) is 1. The maximum absolute atomic E-state index is 11.5. The van der Waals surface area contributed by atoms with E-state index < -0.39 is 10.0 Å². The quantitative estimate of drug-likeness (QED) is 0.741. The Morgan fingerprint density at radius 3 is 2.47 bits per heavy atom. The molecule has 1 aromatic carbocycles. The fourth-order valence-corrected chi connectivity index (χ4v) is 2.01. The molecule has 0 aliphatic rings. The van der Waals surface area contributed by atoms with Crippen LogP contribution in [-0.4, -0.2) is 22.6 Å². The van der Waals surface area contributed by atoms with Crippen LogP contribution in [0.4, 0.5) is 5.69 Å². The standard InChI is InChI=1S/C9H14N2O3S/c1-6-4-7(15(12,13)11-2)5-8(14-3)9(6)10/h4-5,11H,10H2,1-3H3. The molecule has 0 aliphatic carbocycles. The van der Waals surface area contributed by atoms with Gasteiger partial charge in [0.25, 0.3) is 0 Å². The number of sulfonamides is 1. The summed E-state index contributed by atoms with van der Waals surface area (Å²) in [5.74, 6) is 0.365. The van der Waals surface area contributed by atoms with Crippen molar-refractivity contribution in [2.75, 3.05) is 19.9 Å². The third-order valence-electron chi connectivity index (χ3n) is 2.12. The third-order valence-corrected chi connectivity index (χ3v) is 3.52. The first-order valence-electron chi connectivity index (χ1n) is 4.30. The number of aryl methyl sites for hydroxylation is 1. The van der Waals surface area contributed by atoms with Gasteiger partial charge in [0.1, 0.15) is 5.75 Å². The first kappa shape index (κ1) is 11.8. The Morgan fingerprint density at radius 2 is 2.00 bits per heavy atom. The minimum Gasteiger partial charge on any atom is -0.495 e. The van der Waals surface area contributed by atoms with Gasteiger partial charge in [-0.3, -0.25) is 0 Å². The summed E-state index contributed by atoms with van der Waals surface area (Å²) < 4.78 is 30.3. The van der Waals surface area contributed by atoms with Crippen LogP contribution in [0.1, 0.15) is 5.56 Å². The van der Waals surface area contributed by atoms with Crippen LogP contribution < -0.4 is 15.2 Å². The van der Waals surface area contributed by atoms with Gasteiger partial charge in [0.15, 0.2) is 0 Å². The van der Waals surface area contributed by atoms with Crippen molar-refractivity contribution in [3.05, 3.63) is 17.7 Å². The Balaban J connectivity index is 3.42. The van der Waals surface area contributed by atoms with Crippen molar-refractivity contribution in [2.45, 2.75) is 11.8 Å². The van der Waals surface area contributed by atoms with E-state index in [0.717, 1.165) is 0 Å². The smallest absolute Gasteiger partial charge is 0.240 e. The molecule has 1 rings (SSSR count). The van der Waals surface area contributed by atoms with Crippen LogP contribution in [-0.2, 0) is 10.0 Å². The third kappa shape index (κ3) is 2.21. The summed E-state index contributed by atoms with van der Waals surface area (Å²) in [5.41, 5.74) is 6.83. The summed E-state index contributed by atoms with van der Waals surface area (Å²) in [7, 11) is -0.656. The van der Waals surface area contributed by atoms with E-state index in [2.05, 4.69) is 4.72 Å². The van der Waals surface area contributed by atoms with Gasteiger partial charge in [0, 0.05) is 6.07 Å². The number of hydrogen-bond donors (Lipinski definition) is 2. The predicted molar refractivity (Wildman–Crippen MR) is 58.4 cm³/mol. The Kier molecular flexibility index (Phi) is 3.21. The fraction of sp³-hybridized carbons (Fsp3) is 0.333. The summed E-state index contributed by atoms with van der Waals surface area (Å²) >= 11 is 0. The fourth-order valence-electron chi connectivity index (χ4n) is 1.18. The van der Waals surface area contributed by atoms with Gasteiger partial charge in [0.2, 0.25) is 10.0 Å². The Labute approximate surface area is 89.3 Å². The van der Waals surface area contributed by atoms with E-state index in [1.807, 2.05) is 0 Å². The monoisotopic (exact) mass is 230 g/mol. The second kappa shape index (κ2) is 4.08. The summed E-state index contributed by atoms with van der Waals surface area (Å²) in [6, 6.07) is 2.90. The first-order chi connectivity index (χ1) is 6.92. The molecule has 0 radical (unpaired) electrons. The lowest BCUT2D eigenvalue weighted by atomic mass is 10.2. The van der Waals surface area contributed by atoms with Crippen LogP contribution in [0, 0.1) is 6.92 Å². The molecule has 15 heavy (non-hydrogen) atoms. The molecule has 3 N–H and O–H groups in total. The molecule has 0 saturated heterocycles. The molecule has 0 atom stereocenters. The molecule has 84 valence electrons. The van der Waals surface area contributed by atoms with E-state index >= 15 is 0 Å². The van der Waals surface area contributed by atoms with Gasteiger partial charge >= 0.3 is 0 Å². The van der Waals surface area contributed by atoms with Gasteiger partial charge in [0.05, 0.1) is 17.7 Å². The molecule has 0 heterocycles. The number of nitrogen functional groups attached to an aromatic ring is 1. The minimum atomic E-state index is -3.46. The van der Waals surface area contributed by atoms with Crippen molar-refractivity contribution in [1.82, 2.24) is 4.72 Å². The number of methoxy groups -OCH3 is 1. The molecule has 0 saturated carbocycles. The summed E-state index contributed by atoms with van der Waals surface area (Å²) in [5, 5.41) is 0. The minimum absolute atomic E-state index is 0.147. The largest absolute Gasteiger partial charge is 0.495 e. The van der Waals surface area contributed by atoms with Crippen LogP contribution in [0.15, 0.2) is 17.0 Å². The summed E-state index contributed by atoms with van der Waals surface area (Å²) in [4.78, 5) is 0.147. The van der Waals surface area contributed by atoms with Gasteiger partial charge < -0.3 is 10.5 Å². The van der Waals surface area contributed by atoms with Gasteiger partial charge in [-0.05, 0) is 25.6 Å². The molecule has 0 aromatic heterocycles. The SMILES string of the molecule is CNS(=O)(=O)c1cc(C)c(N)c(OC)c1. The van der Waals surface area contributed by atoms with E-state index in [0.29, 0.717) is 17.0 Å².